The van der Waals surface area contributed by atoms with Gasteiger partial charge in [-0.2, -0.15) is 5.10 Å². The van der Waals surface area contributed by atoms with Crippen LogP contribution in [0.5, 0.6) is 0 Å². The highest BCUT2D eigenvalue weighted by Gasteiger charge is 2.16. The molecular formula is C20H17FN4O2. The van der Waals surface area contributed by atoms with Gasteiger partial charge in [0.05, 0.1) is 23.8 Å². The van der Waals surface area contributed by atoms with Gasteiger partial charge in [-0.1, -0.05) is 24.3 Å². The molecule has 4 rings (SSSR count). The van der Waals surface area contributed by atoms with Crippen LogP contribution in [0.1, 0.15) is 27.2 Å². The maximum atomic E-state index is 12.7. The van der Waals surface area contributed by atoms with Crippen LogP contribution in [0.15, 0.2) is 59.4 Å². The normalized spacial score (nSPS) is 11.0. The van der Waals surface area contributed by atoms with Gasteiger partial charge in [-0.25, -0.2) is 14.1 Å². The van der Waals surface area contributed by atoms with E-state index in [1.807, 2.05) is 31.2 Å². The van der Waals surface area contributed by atoms with E-state index in [0.717, 1.165) is 16.6 Å². The monoisotopic (exact) mass is 364 g/mol. The van der Waals surface area contributed by atoms with Crippen LogP contribution in [0.25, 0.3) is 11.0 Å². The molecule has 6 nitrogen and oxygen atoms in total. The molecule has 0 saturated heterocycles. The van der Waals surface area contributed by atoms with Gasteiger partial charge in [0.15, 0.2) is 11.5 Å². The smallest absolute Gasteiger partial charge is 0.260 e. The van der Waals surface area contributed by atoms with E-state index >= 15 is 0 Å². The number of amides is 1. The van der Waals surface area contributed by atoms with Gasteiger partial charge >= 0.3 is 0 Å². The van der Waals surface area contributed by atoms with Crippen molar-refractivity contribution in [3.63, 3.8) is 0 Å². The van der Waals surface area contributed by atoms with E-state index in [2.05, 4.69) is 15.4 Å². The second-order valence-electron chi connectivity index (χ2n) is 6.25. The number of hydrogen-bond acceptors (Lipinski definition) is 4. The van der Waals surface area contributed by atoms with Crippen LogP contribution in [0, 0.1) is 6.92 Å². The van der Waals surface area contributed by atoms with Crippen LogP contribution >= 0.6 is 0 Å². The zero-order valence-electron chi connectivity index (χ0n) is 14.6. The predicted molar refractivity (Wildman–Crippen MR) is 99.3 cm³/mol. The maximum Gasteiger partial charge on any atom is 0.260 e. The maximum absolute atomic E-state index is 12.7. The summed E-state index contributed by atoms with van der Waals surface area (Å²) >= 11 is 0. The highest BCUT2D eigenvalue weighted by molar-refractivity contribution is 6.07. The summed E-state index contributed by atoms with van der Waals surface area (Å²) in [6.45, 7) is 1.87. The Kier molecular flexibility index (Phi) is 4.42. The molecule has 0 spiro atoms. The van der Waals surface area contributed by atoms with Gasteiger partial charge in [-0.3, -0.25) is 4.79 Å². The Morgan fingerprint density at radius 3 is 2.63 bits per heavy atom. The van der Waals surface area contributed by atoms with Crippen molar-refractivity contribution >= 4 is 22.8 Å². The van der Waals surface area contributed by atoms with Gasteiger partial charge in [-0.15, -0.1) is 0 Å². The first kappa shape index (κ1) is 17.0. The summed E-state index contributed by atoms with van der Waals surface area (Å²) < 4.78 is 19.4. The highest BCUT2D eigenvalue weighted by Crippen LogP contribution is 2.23. The molecule has 0 bridgehead atoms. The van der Waals surface area contributed by atoms with Gasteiger partial charge in [0.25, 0.3) is 5.91 Å². The number of anilines is 1. The van der Waals surface area contributed by atoms with E-state index in [9.17, 15) is 9.18 Å². The fraction of sp³-hybridized carbons (Fsp3) is 0.150. The topological polar surface area (TPSA) is 73.0 Å². The van der Waals surface area contributed by atoms with Gasteiger partial charge in [-0.05, 0) is 36.2 Å². The lowest BCUT2D eigenvalue weighted by Crippen LogP contribution is -2.12. The molecule has 1 N–H and O–H groups in total. The summed E-state index contributed by atoms with van der Waals surface area (Å²) in [4.78, 5) is 16.9. The summed E-state index contributed by atoms with van der Waals surface area (Å²) in [5.41, 5.74) is 3.54. The van der Waals surface area contributed by atoms with E-state index in [1.165, 1.54) is 12.5 Å². The first-order valence-electron chi connectivity index (χ1n) is 8.45. The summed E-state index contributed by atoms with van der Waals surface area (Å²) in [6, 6.07) is 12.6. The molecule has 3 aromatic heterocycles. The average Bonchev–Trinajstić information content (AvgIpc) is 3.32. The second-order valence-corrected chi connectivity index (χ2v) is 6.25. The molecule has 1 aromatic carbocycles. The van der Waals surface area contributed by atoms with E-state index in [1.54, 1.807) is 22.9 Å². The number of nitrogens with one attached hydrogen (secondary N) is 1. The zero-order chi connectivity index (χ0) is 18.8. The molecule has 0 unspecified atom stereocenters. The number of fused-ring (bicyclic) bond motifs is 1. The fourth-order valence-electron chi connectivity index (χ4n) is 2.83. The van der Waals surface area contributed by atoms with Crippen molar-refractivity contribution < 1.29 is 13.6 Å². The number of carbonyl (C=O) groups excluding carboxylic acids is 1. The standard InChI is InChI=1S/C20H17FN4O2/c1-13-2-7-17-18(23-20(26)16-8-9-27-12-16)24-25(19(17)22-13)11-15-5-3-14(10-21)4-6-15/h2-9,12H,10-11H2,1H3,(H,23,24,26). The number of aryl methyl sites for hydroxylation is 1. The molecule has 4 aromatic rings. The molecule has 27 heavy (non-hydrogen) atoms. The second kappa shape index (κ2) is 7.03. The number of aromatic nitrogens is 3. The van der Waals surface area contributed by atoms with Crippen LogP contribution in [0.3, 0.4) is 0 Å². The minimum absolute atomic E-state index is 0.303. The first-order valence-corrected chi connectivity index (χ1v) is 8.45. The number of pyridine rings is 1. The van der Waals surface area contributed by atoms with Crippen molar-refractivity contribution in [2.45, 2.75) is 20.1 Å². The van der Waals surface area contributed by atoms with Crippen molar-refractivity contribution in [3.8, 4) is 0 Å². The summed E-state index contributed by atoms with van der Waals surface area (Å²) in [5.74, 6) is 0.132. The van der Waals surface area contributed by atoms with E-state index < -0.39 is 6.67 Å². The van der Waals surface area contributed by atoms with Crippen LogP contribution < -0.4 is 5.32 Å². The minimum Gasteiger partial charge on any atom is -0.472 e. The Hall–Kier alpha value is -3.48. The number of rotatable bonds is 5. The number of carbonyl (C=O) groups is 1. The van der Waals surface area contributed by atoms with Crippen molar-refractivity contribution in [3.05, 3.63) is 77.4 Å². The molecule has 0 atom stereocenters. The average molecular weight is 364 g/mol. The molecule has 0 aliphatic carbocycles. The fourth-order valence-corrected chi connectivity index (χ4v) is 2.83. The van der Waals surface area contributed by atoms with Gasteiger partial charge in [0, 0.05) is 5.69 Å². The minimum atomic E-state index is -0.490. The molecular weight excluding hydrogens is 347 g/mol. The number of benzene rings is 1. The number of halogens is 1. The first-order chi connectivity index (χ1) is 13.1. The summed E-state index contributed by atoms with van der Waals surface area (Å²) in [5, 5.41) is 8.09. The van der Waals surface area contributed by atoms with Crippen LogP contribution in [-0.4, -0.2) is 20.7 Å². The van der Waals surface area contributed by atoms with Crippen LogP contribution in [-0.2, 0) is 13.2 Å². The molecule has 3 heterocycles. The lowest BCUT2D eigenvalue weighted by Gasteiger charge is -2.04. The molecule has 7 heteroatoms. The number of alkyl halides is 1. The third-order valence-electron chi connectivity index (χ3n) is 4.26. The van der Waals surface area contributed by atoms with Crippen LogP contribution in [0.2, 0.25) is 0 Å². The third-order valence-corrected chi connectivity index (χ3v) is 4.26. The van der Waals surface area contributed by atoms with E-state index in [4.69, 9.17) is 4.42 Å². The Labute approximate surface area is 154 Å². The molecule has 1 amide bonds. The molecule has 0 fully saturated rings. The van der Waals surface area contributed by atoms with Crippen molar-refractivity contribution in [2.75, 3.05) is 5.32 Å². The summed E-state index contributed by atoms with van der Waals surface area (Å²) in [6.07, 6.45) is 2.82. The Morgan fingerprint density at radius 1 is 1.15 bits per heavy atom. The van der Waals surface area contributed by atoms with Crippen molar-refractivity contribution in [2.24, 2.45) is 0 Å². The van der Waals surface area contributed by atoms with Crippen molar-refractivity contribution in [1.82, 2.24) is 14.8 Å². The largest absolute Gasteiger partial charge is 0.472 e. The van der Waals surface area contributed by atoms with E-state index in [0.29, 0.717) is 29.1 Å². The molecule has 136 valence electrons. The number of nitrogens with zero attached hydrogens (tertiary/aromatic N) is 3. The molecule has 0 aliphatic rings. The lowest BCUT2D eigenvalue weighted by molar-refractivity contribution is 0.102. The number of furan rings is 1. The van der Waals surface area contributed by atoms with Gasteiger partial charge in [0.2, 0.25) is 0 Å². The Bertz CT molecular complexity index is 1090. The lowest BCUT2D eigenvalue weighted by atomic mass is 10.1. The Morgan fingerprint density at radius 2 is 1.93 bits per heavy atom. The molecule has 0 aliphatic heterocycles. The Balaban J connectivity index is 1.69. The summed E-state index contributed by atoms with van der Waals surface area (Å²) in [7, 11) is 0. The number of hydrogen-bond donors (Lipinski definition) is 1. The third kappa shape index (κ3) is 3.44. The van der Waals surface area contributed by atoms with Gasteiger partial charge < -0.3 is 9.73 Å². The predicted octanol–water partition coefficient (Wildman–Crippen LogP) is 4.10. The molecule has 0 radical (unpaired) electrons. The van der Waals surface area contributed by atoms with E-state index in [-0.39, 0.29) is 5.91 Å². The van der Waals surface area contributed by atoms with Gasteiger partial charge in [0.1, 0.15) is 12.9 Å². The molecule has 0 saturated carbocycles. The van der Waals surface area contributed by atoms with Crippen molar-refractivity contribution in [1.29, 1.82) is 0 Å². The SMILES string of the molecule is Cc1ccc2c(NC(=O)c3ccoc3)nn(Cc3ccc(CF)cc3)c2n1. The zero-order valence-corrected chi connectivity index (χ0v) is 14.6. The quantitative estimate of drug-likeness (QED) is 0.579. The highest BCUT2D eigenvalue weighted by atomic mass is 19.1. The van der Waals surface area contributed by atoms with Crippen LogP contribution in [0.4, 0.5) is 10.2 Å².